The Bertz CT molecular complexity index is 105. The van der Waals surface area contributed by atoms with Gasteiger partial charge in [-0.1, -0.05) is 0 Å². The van der Waals surface area contributed by atoms with Crippen molar-refractivity contribution in [1.82, 2.24) is 0 Å². The van der Waals surface area contributed by atoms with Gasteiger partial charge in [0.05, 0.1) is 6.61 Å². The van der Waals surface area contributed by atoms with E-state index in [-0.39, 0.29) is 0 Å². The molecule has 0 aromatic heterocycles. The summed E-state index contributed by atoms with van der Waals surface area (Å²) in [6.07, 6.45) is 2.40. The second-order valence-corrected chi connectivity index (χ2v) is 4.38. The van der Waals surface area contributed by atoms with Gasteiger partial charge in [0.2, 0.25) is 0 Å². The quantitative estimate of drug-likeness (QED) is 0.695. The van der Waals surface area contributed by atoms with Crippen LogP contribution in [0.5, 0.6) is 0 Å². The highest BCUT2D eigenvalue weighted by Crippen LogP contribution is 2.38. The fourth-order valence-corrected chi connectivity index (χ4v) is 3.17. The van der Waals surface area contributed by atoms with E-state index >= 15 is 0 Å². The Morgan fingerprint density at radius 1 is 1.64 bits per heavy atom. The summed E-state index contributed by atoms with van der Waals surface area (Å²) in [5.41, 5.74) is 5.97. The fraction of sp³-hybridized carbons (Fsp3) is 1.00. The molecular formula is C8H17NOS. The lowest BCUT2D eigenvalue weighted by Crippen LogP contribution is -2.29. The molecule has 3 heteroatoms. The molecule has 0 amide bonds. The second kappa shape index (κ2) is 4.33. The zero-order valence-electron chi connectivity index (χ0n) is 7.14. The van der Waals surface area contributed by atoms with Gasteiger partial charge in [-0.15, -0.1) is 0 Å². The zero-order valence-corrected chi connectivity index (χ0v) is 7.95. The van der Waals surface area contributed by atoms with E-state index in [1.165, 1.54) is 17.9 Å². The van der Waals surface area contributed by atoms with Crippen LogP contribution in [-0.4, -0.2) is 31.8 Å². The average Bonchev–Trinajstić information content (AvgIpc) is 2.39. The molecule has 1 aliphatic heterocycles. The molecule has 0 spiro atoms. The van der Waals surface area contributed by atoms with Crippen LogP contribution in [0, 0.1) is 5.41 Å². The van der Waals surface area contributed by atoms with Gasteiger partial charge in [-0.3, -0.25) is 0 Å². The Labute approximate surface area is 72.9 Å². The standard InChI is InChI=1S/C8H17NOS/c1-10-6-8(2-4-9)3-5-11-7-8/h2-7,9H2,1H3. The normalized spacial score (nSPS) is 31.1. The highest BCUT2D eigenvalue weighted by atomic mass is 32.2. The molecule has 2 nitrogen and oxygen atoms in total. The molecule has 1 saturated heterocycles. The SMILES string of the molecule is COCC1(CCN)CCSC1. The predicted molar refractivity (Wildman–Crippen MR) is 49.9 cm³/mol. The van der Waals surface area contributed by atoms with Crippen LogP contribution in [0.3, 0.4) is 0 Å². The first-order valence-corrected chi connectivity index (χ1v) is 5.25. The van der Waals surface area contributed by atoms with Crippen LogP contribution >= 0.6 is 11.8 Å². The lowest BCUT2D eigenvalue weighted by atomic mass is 9.85. The maximum absolute atomic E-state index is 5.56. The smallest absolute Gasteiger partial charge is 0.0527 e. The zero-order chi connectivity index (χ0) is 8.16. The molecule has 1 atom stereocenters. The minimum Gasteiger partial charge on any atom is -0.384 e. The van der Waals surface area contributed by atoms with Crippen LogP contribution in [0.1, 0.15) is 12.8 Å². The monoisotopic (exact) mass is 175 g/mol. The van der Waals surface area contributed by atoms with Crippen LogP contribution in [-0.2, 0) is 4.74 Å². The van der Waals surface area contributed by atoms with Gasteiger partial charge in [-0.05, 0) is 25.1 Å². The van der Waals surface area contributed by atoms with Crippen molar-refractivity contribution in [3.63, 3.8) is 0 Å². The maximum Gasteiger partial charge on any atom is 0.0527 e. The first kappa shape index (κ1) is 9.36. The Morgan fingerprint density at radius 2 is 2.45 bits per heavy atom. The minimum absolute atomic E-state index is 0.411. The molecule has 1 aliphatic rings. The van der Waals surface area contributed by atoms with Crippen LogP contribution in [0.15, 0.2) is 0 Å². The number of ether oxygens (including phenoxy) is 1. The van der Waals surface area contributed by atoms with E-state index in [0.717, 1.165) is 19.6 Å². The van der Waals surface area contributed by atoms with E-state index in [1.54, 1.807) is 7.11 Å². The molecule has 66 valence electrons. The molecule has 1 rings (SSSR count). The molecule has 1 unspecified atom stereocenters. The predicted octanol–water partition coefficient (Wildman–Crippen LogP) is 1.10. The van der Waals surface area contributed by atoms with E-state index in [9.17, 15) is 0 Å². The summed E-state index contributed by atoms with van der Waals surface area (Å²) < 4.78 is 5.21. The highest BCUT2D eigenvalue weighted by molar-refractivity contribution is 7.99. The summed E-state index contributed by atoms with van der Waals surface area (Å²) in [7, 11) is 1.78. The van der Waals surface area contributed by atoms with Crippen LogP contribution < -0.4 is 5.73 Å². The average molecular weight is 175 g/mol. The fourth-order valence-electron chi connectivity index (χ4n) is 1.65. The second-order valence-electron chi connectivity index (χ2n) is 3.27. The van der Waals surface area contributed by atoms with Crippen LogP contribution in [0.2, 0.25) is 0 Å². The van der Waals surface area contributed by atoms with Gasteiger partial charge in [0.1, 0.15) is 0 Å². The summed E-state index contributed by atoms with van der Waals surface area (Å²) >= 11 is 2.03. The summed E-state index contributed by atoms with van der Waals surface area (Å²) in [6.45, 7) is 1.68. The van der Waals surface area contributed by atoms with Gasteiger partial charge in [-0.2, -0.15) is 11.8 Å². The Kier molecular flexibility index (Phi) is 3.69. The summed E-state index contributed by atoms with van der Waals surface area (Å²) in [5, 5.41) is 0. The van der Waals surface area contributed by atoms with Crippen LogP contribution in [0.25, 0.3) is 0 Å². The van der Waals surface area contributed by atoms with Crippen LogP contribution in [0.4, 0.5) is 0 Å². The van der Waals surface area contributed by atoms with E-state index < -0.39 is 0 Å². The molecule has 0 radical (unpaired) electrons. The third-order valence-corrected chi connectivity index (χ3v) is 3.62. The van der Waals surface area contributed by atoms with Crippen molar-refractivity contribution in [3.05, 3.63) is 0 Å². The molecule has 11 heavy (non-hydrogen) atoms. The summed E-state index contributed by atoms with van der Waals surface area (Å²) in [4.78, 5) is 0. The van der Waals surface area contributed by atoms with Crippen molar-refractivity contribution in [2.45, 2.75) is 12.8 Å². The molecule has 0 bridgehead atoms. The van der Waals surface area contributed by atoms with Gasteiger partial charge in [0, 0.05) is 18.3 Å². The molecule has 0 saturated carbocycles. The molecule has 0 aliphatic carbocycles. The van der Waals surface area contributed by atoms with Gasteiger partial charge >= 0.3 is 0 Å². The minimum atomic E-state index is 0.411. The number of nitrogens with two attached hydrogens (primary N) is 1. The summed E-state index contributed by atoms with van der Waals surface area (Å²) in [5.74, 6) is 2.52. The van der Waals surface area contributed by atoms with Crippen molar-refractivity contribution < 1.29 is 4.74 Å². The molecule has 2 N–H and O–H groups in total. The lowest BCUT2D eigenvalue weighted by Gasteiger charge is -2.26. The van der Waals surface area contributed by atoms with E-state index in [2.05, 4.69) is 0 Å². The number of hydrogen-bond donors (Lipinski definition) is 1. The number of hydrogen-bond acceptors (Lipinski definition) is 3. The third kappa shape index (κ3) is 2.36. The van der Waals surface area contributed by atoms with Gasteiger partial charge in [-0.25, -0.2) is 0 Å². The first-order chi connectivity index (χ1) is 5.33. The van der Waals surface area contributed by atoms with E-state index in [1.807, 2.05) is 11.8 Å². The number of rotatable bonds is 4. The van der Waals surface area contributed by atoms with E-state index in [0.29, 0.717) is 5.41 Å². The highest BCUT2D eigenvalue weighted by Gasteiger charge is 2.33. The Morgan fingerprint density at radius 3 is 2.91 bits per heavy atom. The topological polar surface area (TPSA) is 35.2 Å². The van der Waals surface area contributed by atoms with Gasteiger partial charge in [0.15, 0.2) is 0 Å². The van der Waals surface area contributed by atoms with Crippen molar-refractivity contribution >= 4 is 11.8 Å². The number of thioether (sulfide) groups is 1. The molecular weight excluding hydrogens is 158 g/mol. The first-order valence-electron chi connectivity index (χ1n) is 4.10. The largest absolute Gasteiger partial charge is 0.384 e. The maximum atomic E-state index is 5.56. The molecule has 1 heterocycles. The molecule has 0 aromatic carbocycles. The van der Waals surface area contributed by atoms with E-state index in [4.69, 9.17) is 10.5 Å². The summed E-state index contributed by atoms with van der Waals surface area (Å²) in [6, 6.07) is 0. The van der Waals surface area contributed by atoms with Crippen molar-refractivity contribution in [3.8, 4) is 0 Å². The Balaban J connectivity index is 2.40. The molecule has 0 aromatic rings. The van der Waals surface area contributed by atoms with Gasteiger partial charge < -0.3 is 10.5 Å². The third-order valence-electron chi connectivity index (χ3n) is 2.31. The number of methoxy groups -OCH3 is 1. The van der Waals surface area contributed by atoms with Crippen molar-refractivity contribution in [2.24, 2.45) is 11.1 Å². The van der Waals surface area contributed by atoms with Crippen molar-refractivity contribution in [2.75, 3.05) is 31.8 Å². The Hall–Kier alpha value is 0.270. The van der Waals surface area contributed by atoms with Crippen molar-refractivity contribution in [1.29, 1.82) is 0 Å². The lowest BCUT2D eigenvalue weighted by molar-refractivity contribution is 0.0922. The molecule has 1 fully saturated rings. The van der Waals surface area contributed by atoms with Gasteiger partial charge in [0.25, 0.3) is 0 Å².